The van der Waals surface area contributed by atoms with Gasteiger partial charge in [-0.2, -0.15) is 0 Å². The standard InChI is InChI=1S/C11H25O4PS/c1-5-7-8-11(6-2)9-13-16(12,17)15-14-10(3)4/h10-11H,5-9H2,1-4H3,(H,12,17). The minimum atomic E-state index is -3.23. The highest BCUT2D eigenvalue weighted by atomic mass is 32.5. The molecule has 17 heavy (non-hydrogen) atoms. The van der Waals surface area contributed by atoms with Crippen LogP contribution >= 0.6 is 6.72 Å². The van der Waals surface area contributed by atoms with Crippen LogP contribution in [0.4, 0.5) is 0 Å². The summed E-state index contributed by atoms with van der Waals surface area (Å²) in [6.07, 6.45) is 4.29. The van der Waals surface area contributed by atoms with Crippen LogP contribution < -0.4 is 0 Å². The van der Waals surface area contributed by atoms with Gasteiger partial charge < -0.3 is 9.42 Å². The normalized spacial score (nSPS) is 17.1. The SMILES string of the molecule is CCCCC(CC)COP(O)(=S)OOC(C)C. The van der Waals surface area contributed by atoms with Crippen LogP contribution in [0.2, 0.25) is 0 Å². The molecule has 0 heterocycles. The Labute approximate surface area is 110 Å². The molecule has 1 N–H and O–H groups in total. The van der Waals surface area contributed by atoms with Gasteiger partial charge in [0.15, 0.2) is 0 Å². The average molecular weight is 284 g/mol. The van der Waals surface area contributed by atoms with Crippen molar-refractivity contribution < 1.29 is 19.0 Å². The van der Waals surface area contributed by atoms with E-state index in [4.69, 9.17) is 25.9 Å². The molecule has 0 amide bonds. The summed E-state index contributed by atoms with van der Waals surface area (Å²) in [4.78, 5) is 14.5. The first-order chi connectivity index (χ1) is 7.91. The summed E-state index contributed by atoms with van der Waals surface area (Å²) in [6, 6.07) is 0. The van der Waals surface area contributed by atoms with Gasteiger partial charge in [0.05, 0.1) is 12.7 Å². The van der Waals surface area contributed by atoms with Gasteiger partial charge in [0, 0.05) is 0 Å². The topological polar surface area (TPSA) is 47.9 Å². The summed E-state index contributed by atoms with van der Waals surface area (Å²) in [5, 5.41) is 0. The second-order valence-electron chi connectivity index (χ2n) is 4.40. The molecular weight excluding hydrogens is 259 g/mol. The predicted octanol–water partition coefficient (Wildman–Crippen LogP) is 3.79. The maximum Gasteiger partial charge on any atom is 0.353 e. The molecule has 0 bridgehead atoms. The van der Waals surface area contributed by atoms with E-state index in [-0.39, 0.29) is 6.10 Å². The third kappa shape index (κ3) is 10.1. The summed E-state index contributed by atoms with van der Waals surface area (Å²) in [7, 11) is 0. The quantitative estimate of drug-likeness (QED) is 0.376. The van der Waals surface area contributed by atoms with Gasteiger partial charge in [-0.15, -0.1) is 4.67 Å². The molecule has 0 aromatic carbocycles. The van der Waals surface area contributed by atoms with Crippen LogP contribution in [0.1, 0.15) is 53.4 Å². The lowest BCUT2D eigenvalue weighted by Crippen LogP contribution is -2.10. The first-order valence-corrected chi connectivity index (χ1v) is 8.82. The summed E-state index contributed by atoms with van der Waals surface area (Å²) in [6.45, 7) is 5.06. The Hall–Kier alpha value is 0.490. The third-order valence-corrected chi connectivity index (χ3v) is 3.59. The van der Waals surface area contributed by atoms with Gasteiger partial charge in [0.25, 0.3) is 0 Å². The number of rotatable bonds is 10. The lowest BCUT2D eigenvalue weighted by Gasteiger charge is -2.19. The second kappa shape index (κ2) is 9.42. The van der Waals surface area contributed by atoms with E-state index in [9.17, 15) is 4.89 Å². The minimum absolute atomic E-state index is 0.143. The van der Waals surface area contributed by atoms with E-state index < -0.39 is 6.72 Å². The molecule has 0 radical (unpaired) electrons. The highest BCUT2D eigenvalue weighted by Crippen LogP contribution is 2.44. The molecule has 0 spiro atoms. The van der Waals surface area contributed by atoms with Crippen LogP contribution in [0.25, 0.3) is 0 Å². The van der Waals surface area contributed by atoms with E-state index in [0.717, 1.165) is 19.3 Å². The van der Waals surface area contributed by atoms with Gasteiger partial charge in [-0.3, -0.25) is 0 Å². The molecule has 0 saturated heterocycles. The average Bonchev–Trinajstić information content (AvgIpc) is 2.27. The van der Waals surface area contributed by atoms with Crippen molar-refractivity contribution in [2.24, 2.45) is 5.92 Å². The Morgan fingerprint density at radius 2 is 1.94 bits per heavy atom. The van der Waals surface area contributed by atoms with Crippen molar-refractivity contribution in [1.29, 1.82) is 0 Å². The molecule has 2 unspecified atom stereocenters. The summed E-state index contributed by atoms with van der Waals surface area (Å²) >= 11 is 4.84. The number of hydrogen-bond donors (Lipinski definition) is 1. The zero-order valence-corrected chi connectivity index (χ0v) is 12.9. The van der Waals surface area contributed by atoms with Gasteiger partial charge in [-0.05, 0) is 38.0 Å². The van der Waals surface area contributed by atoms with Gasteiger partial charge in [0.2, 0.25) is 0 Å². The largest absolute Gasteiger partial charge is 0.353 e. The van der Waals surface area contributed by atoms with Gasteiger partial charge in [-0.25, -0.2) is 4.89 Å². The molecule has 0 rings (SSSR count). The van der Waals surface area contributed by atoms with Crippen LogP contribution in [-0.2, 0) is 25.9 Å². The predicted molar refractivity (Wildman–Crippen MR) is 73.1 cm³/mol. The lowest BCUT2D eigenvalue weighted by atomic mass is 10.0. The zero-order chi connectivity index (χ0) is 13.3. The Kier molecular flexibility index (Phi) is 9.70. The van der Waals surface area contributed by atoms with Gasteiger partial charge in [0.1, 0.15) is 0 Å². The van der Waals surface area contributed by atoms with E-state index in [1.54, 1.807) is 13.8 Å². The monoisotopic (exact) mass is 284 g/mol. The Morgan fingerprint density at radius 1 is 1.29 bits per heavy atom. The van der Waals surface area contributed by atoms with E-state index in [2.05, 4.69) is 13.8 Å². The molecule has 104 valence electrons. The second-order valence-corrected chi connectivity index (χ2v) is 7.13. The molecule has 0 aliphatic rings. The van der Waals surface area contributed by atoms with Crippen LogP contribution in [0.15, 0.2) is 0 Å². The molecule has 2 atom stereocenters. The molecule has 0 aromatic rings. The van der Waals surface area contributed by atoms with E-state index in [1.807, 2.05) is 0 Å². The van der Waals surface area contributed by atoms with Gasteiger partial charge in [-0.1, -0.05) is 33.1 Å². The smallest absolute Gasteiger partial charge is 0.323 e. The molecule has 4 nitrogen and oxygen atoms in total. The highest BCUT2D eigenvalue weighted by molar-refractivity contribution is 8.07. The van der Waals surface area contributed by atoms with E-state index in [0.29, 0.717) is 12.5 Å². The molecule has 0 saturated carbocycles. The molecule has 0 fully saturated rings. The first kappa shape index (κ1) is 17.5. The van der Waals surface area contributed by atoms with Crippen molar-refractivity contribution in [2.75, 3.05) is 6.61 Å². The van der Waals surface area contributed by atoms with Crippen LogP contribution in [0.5, 0.6) is 0 Å². The van der Waals surface area contributed by atoms with Crippen LogP contribution in [0, 0.1) is 5.92 Å². The molecule has 6 heteroatoms. The third-order valence-electron chi connectivity index (χ3n) is 2.35. The highest BCUT2D eigenvalue weighted by Gasteiger charge is 2.19. The maximum atomic E-state index is 9.69. The fourth-order valence-corrected chi connectivity index (χ4v) is 2.27. The molecular formula is C11H25O4PS. The molecule has 0 aliphatic heterocycles. The minimum Gasteiger partial charge on any atom is -0.323 e. The lowest BCUT2D eigenvalue weighted by molar-refractivity contribution is -0.243. The van der Waals surface area contributed by atoms with Crippen LogP contribution in [0.3, 0.4) is 0 Å². The Bertz CT molecular complexity index is 236. The maximum absolute atomic E-state index is 9.69. The molecule has 0 aromatic heterocycles. The van der Waals surface area contributed by atoms with Crippen molar-refractivity contribution in [2.45, 2.75) is 59.5 Å². The van der Waals surface area contributed by atoms with Crippen molar-refractivity contribution in [1.82, 2.24) is 0 Å². The van der Waals surface area contributed by atoms with Crippen molar-refractivity contribution in [3.05, 3.63) is 0 Å². The van der Waals surface area contributed by atoms with E-state index >= 15 is 0 Å². The summed E-state index contributed by atoms with van der Waals surface area (Å²) in [5.74, 6) is 0.423. The summed E-state index contributed by atoms with van der Waals surface area (Å²) in [5.41, 5.74) is 0. The Morgan fingerprint density at radius 3 is 2.41 bits per heavy atom. The van der Waals surface area contributed by atoms with E-state index in [1.165, 1.54) is 6.42 Å². The number of unbranched alkanes of at least 4 members (excludes halogenated alkanes) is 1. The zero-order valence-electron chi connectivity index (χ0n) is 11.2. The van der Waals surface area contributed by atoms with Crippen molar-refractivity contribution in [3.8, 4) is 0 Å². The van der Waals surface area contributed by atoms with Gasteiger partial charge >= 0.3 is 6.72 Å². The van der Waals surface area contributed by atoms with Crippen molar-refractivity contribution >= 4 is 18.5 Å². The first-order valence-electron chi connectivity index (χ1n) is 6.23. The number of hydrogen-bond acceptors (Lipinski definition) is 4. The molecule has 0 aliphatic carbocycles. The Balaban J connectivity index is 3.92. The fourth-order valence-electron chi connectivity index (χ4n) is 1.26. The van der Waals surface area contributed by atoms with Crippen LogP contribution in [-0.4, -0.2) is 17.6 Å². The van der Waals surface area contributed by atoms with Crippen molar-refractivity contribution in [3.63, 3.8) is 0 Å². The fraction of sp³-hybridized carbons (Fsp3) is 1.00. The summed E-state index contributed by atoms with van der Waals surface area (Å²) < 4.78 is 10.0.